The SMILES string of the molecule is Cc1cc(F)cc(C(=O)Nc2nc(C)c(S(N)(=O)=O)s2)c1. The Balaban J connectivity index is 2.28. The smallest absolute Gasteiger partial charge is 0.257 e. The summed E-state index contributed by atoms with van der Waals surface area (Å²) < 4.78 is 35.7. The highest BCUT2D eigenvalue weighted by atomic mass is 32.2. The van der Waals surface area contributed by atoms with Gasteiger partial charge < -0.3 is 0 Å². The van der Waals surface area contributed by atoms with Crippen LogP contribution in [-0.4, -0.2) is 19.3 Å². The number of halogens is 1. The number of nitrogens with one attached hydrogen (secondary N) is 1. The van der Waals surface area contributed by atoms with Gasteiger partial charge in [-0.05, 0) is 37.6 Å². The first-order valence-electron chi connectivity index (χ1n) is 5.75. The number of thiazole rings is 1. The Labute approximate surface area is 124 Å². The second-order valence-corrected chi connectivity index (χ2v) is 7.16. The number of benzene rings is 1. The molecule has 2 aromatic rings. The highest BCUT2D eigenvalue weighted by Gasteiger charge is 2.19. The number of nitrogens with zero attached hydrogens (tertiary/aromatic N) is 1. The zero-order chi connectivity index (χ0) is 15.8. The molecule has 0 atom stereocenters. The zero-order valence-electron chi connectivity index (χ0n) is 11.2. The fraction of sp³-hybridized carbons (Fsp3) is 0.167. The summed E-state index contributed by atoms with van der Waals surface area (Å²) in [4.78, 5) is 15.9. The first-order valence-corrected chi connectivity index (χ1v) is 8.12. The Kier molecular flexibility index (Phi) is 4.08. The van der Waals surface area contributed by atoms with Gasteiger partial charge in [-0.2, -0.15) is 0 Å². The number of rotatable bonds is 3. The van der Waals surface area contributed by atoms with Crippen molar-refractivity contribution in [2.24, 2.45) is 5.14 Å². The Bertz CT molecular complexity index is 795. The number of carbonyl (C=O) groups is 1. The summed E-state index contributed by atoms with van der Waals surface area (Å²) in [6.07, 6.45) is 0. The van der Waals surface area contributed by atoms with Gasteiger partial charge in [0.2, 0.25) is 10.0 Å². The standard InChI is InChI=1S/C12H12FN3O3S2/c1-6-3-8(5-9(13)4-6)10(17)16-12-15-7(2)11(20-12)21(14,18)19/h3-5H,1-2H3,(H2,14,18,19)(H,15,16,17). The summed E-state index contributed by atoms with van der Waals surface area (Å²) >= 11 is 0.748. The minimum Gasteiger partial charge on any atom is -0.298 e. The van der Waals surface area contributed by atoms with Gasteiger partial charge in [0.15, 0.2) is 9.34 Å². The zero-order valence-corrected chi connectivity index (χ0v) is 12.8. The average molecular weight is 329 g/mol. The van der Waals surface area contributed by atoms with Gasteiger partial charge in [0, 0.05) is 5.56 Å². The van der Waals surface area contributed by atoms with Gasteiger partial charge in [0.05, 0.1) is 5.69 Å². The molecule has 1 aromatic heterocycles. The molecule has 2 rings (SSSR count). The van der Waals surface area contributed by atoms with Gasteiger partial charge in [-0.1, -0.05) is 11.3 Å². The summed E-state index contributed by atoms with van der Waals surface area (Å²) in [5.41, 5.74) is 0.923. The molecular weight excluding hydrogens is 317 g/mol. The highest BCUT2D eigenvalue weighted by Crippen LogP contribution is 2.26. The van der Waals surface area contributed by atoms with E-state index < -0.39 is 21.7 Å². The molecule has 112 valence electrons. The Morgan fingerprint density at radius 1 is 1.33 bits per heavy atom. The van der Waals surface area contributed by atoms with Gasteiger partial charge in [0.1, 0.15) is 5.82 Å². The molecule has 1 heterocycles. The first kappa shape index (κ1) is 15.5. The first-order chi connectivity index (χ1) is 9.66. The van der Waals surface area contributed by atoms with Gasteiger partial charge >= 0.3 is 0 Å². The number of aromatic nitrogens is 1. The molecule has 21 heavy (non-hydrogen) atoms. The van der Waals surface area contributed by atoms with Crippen molar-refractivity contribution in [1.29, 1.82) is 0 Å². The summed E-state index contributed by atoms with van der Waals surface area (Å²) in [7, 11) is -3.88. The number of hydrogen-bond donors (Lipinski definition) is 2. The lowest BCUT2D eigenvalue weighted by Gasteiger charge is -2.03. The quantitative estimate of drug-likeness (QED) is 0.896. The van der Waals surface area contributed by atoms with E-state index in [2.05, 4.69) is 10.3 Å². The van der Waals surface area contributed by atoms with E-state index in [0.29, 0.717) is 5.56 Å². The van der Waals surface area contributed by atoms with Crippen LogP contribution in [0.1, 0.15) is 21.6 Å². The fourth-order valence-corrected chi connectivity index (χ4v) is 3.59. The summed E-state index contributed by atoms with van der Waals surface area (Å²) in [5.74, 6) is -1.10. The minimum atomic E-state index is -3.88. The highest BCUT2D eigenvalue weighted by molar-refractivity contribution is 7.91. The minimum absolute atomic E-state index is 0.0865. The topological polar surface area (TPSA) is 102 Å². The predicted molar refractivity (Wildman–Crippen MR) is 77.3 cm³/mol. The molecule has 0 saturated heterocycles. The normalized spacial score (nSPS) is 11.4. The van der Waals surface area contributed by atoms with E-state index in [0.717, 1.165) is 17.4 Å². The molecule has 0 aliphatic carbocycles. The van der Waals surface area contributed by atoms with Crippen molar-refractivity contribution in [1.82, 2.24) is 4.98 Å². The largest absolute Gasteiger partial charge is 0.298 e. The van der Waals surface area contributed by atoms with E-state index >= 15 is 0 Å². The molecule has 0 bridgehead atoms. The van der Waals surface area contributed by atoms with E-state index in [1.165, 1.54) is 19.1 Å². The van der Waals surface area contributed by atoms with Crippen LogP contribution < -0.4 is 10.5 Å². The van der Waals surface area contributed by atoms with Crippen molar-refractivity contribution in [3.63, 3.8) is 0 Å². The molecule has 0 aliphatic rings. The van der Waals surface area contributed by atoms with E-state index in [1.807, 2.05) is 0 Å². The Morgan fingerprint density at radius 2 is 2.00 bits per heavy atom. The molecule has 0 unspecified atom stereocenters. The monoisotopic (exact) mass is 329 g/mol. The maximum atomic E-state index is 13.3. The van der Waals surface area contributed by atoms with E-state index in [1.54, 1.807) is 6.92 Å². The molecule has 1 aromatic carbocycles. The van der Waals surface area contributed by atoms with Crippen molar-refractivity contribution in [3.05, 3.63) is 40.8 Å². The van der Waals surface area contributed by atoms with Crippen LogP contribution in [0, 0.1) is 19.7 Å². The third-order valence-electron chi connectivity index (χ3n) is 2.54. The van der Waals surface area contributed by atoms with Crippen molar-refractivity contribution in [2.45, 2.75) is 18.1 Å². The van der Waals surface area contributed by atoms with Gasteiger partial charge in [0.25, 0.3) is 5.91 Å². The fourth-order valence-electron chi connectivity index (χ4n) is 1.74. The van der Waals surface area contributed by atoms with Crippen LogP contribution in [-0.2, 0) is 10.0 Å². The van der Waals surface area contributed by atoms with Crippen molar-refractivity contribution < 1.29 is 17.6 Å². The van der Waals surface area contributed by atoms with Crippen molar-refractivity contribution >= 4 is 32.4 Å². The van der Waals surface area contributed by atoms with Gasteiger partial charge in [-0.3, -0.25) is 10.1 Å². The molecule has 0 aliphatic heterocycles. The summed E-state index contributed by atoms with van der Waals surface area (Å²) in [5, 5.41) is 7.55. The van der Waals surface area contributed by atoms with Gasteiger partial charge in [-0.15, -0.1) is 0 Å². The van der Waals surface area contributed by atoms with E-state index in [-0.39, 0.29) is 20.6 Å². The van der Waals surface area contributed by atoms with Gasteiger partial charge in [-0.25, -0.2) is 22.9 Å². The van der Waals surface area contributed by atoms with Crippen LogP contribution in [0.2, 0.25) is 0 Å². The Morgan fingerprint density at radius 3 is 2.52 bits per heavy atom. The van der Waals surface area contributed by atoms with Crippen LogP contribution in [0.25, 0.3) is 0 Å². The number of nitrogens with two attached hydrogens (primary N) is 1. The lowest BCUT2D eigenvalue weighted by atomic mass is 10.1. The second kappa shape index (κ2) is 5.51. The molecule has 6 nitrogen and oxygen atoms in total. The number of aryl methyl sites for hydroxylation is 2. The predicted octanol–water partition coefficient (Wildman–Crippen LogP) is 1.80. The molecule has 1 amide bonds. The van der Waals surface area contributed by atoms with E-state index in [4.69, 9.17) is 5.14 Å². The number of anilines is 1. The number of amides is 1. The second-order valence-electron chi connectivity index (χ2n) is 4.41. The summed E-state index contributed by atoms with van der Waals surface area (Å²) in [6, 6.07) is 3.90. The lowest BCUT2D eigenvalue weighted by Crippen LogP contribution is -2.12. The van der Waals surface area contributed by atoms with Crippen LogP contribution in [0.3, 0.4) is 0 Å². The van der Waals surface area contributed by atoms with Crippen LogP contribution >= 0.6 is 11.3 Å². The molecule has 3 N–H and O–H groups in total. The molecular formula is C12H12FN3O3S2. The van der Waals surface area contributed by atoms with Crippen molar-refractivity contribution in [2.75, 3.05) is 5.32 Å². The molecule has 0 radical (unpaired) electrons. The molecule has 0 fully saturated rings. The summed E-state index contributed by atoms with van der Waals surface area (Å²) in [6.45, 7) is 3.13. The molecule has 0 saturated carbocycles. The number of carbonyl (C=O) groups excluding carboxylic acids is 1. The maximum Gasteiger partial charge on any atom is 0.257 e. The van der Waals surface area contributed by atoms with E-state index in [9.17, 15) is 17.6 Å². The number of primary sulfonamides is 1. The lowest BCUT2D eigenvalue weighted by molar-refractivity contribution is 0.102. The molecule has 9 heteroatoms. The average Bonchev–Trinajstić information content (AvgIpc) is 2.68. The molecule has 0 spiro atoms. The Hall–Kier alpha value is -1.84. The maximum absolute atomic E-state index is 13.3. The van der Waals surface area contributed by atoms with Crippen LogP contribution in [0.5, 0.6) is 0 Å². The third-order valence-corrected chi connectivity index (χ3v) is 5.16. The third kappa shape index (κ3) is 3.63. The van der Waals surface area contributed by atoms with Crippen LogP contribution in [0.15, 0.2) is 22.4 Å². The van der Waals surface area contributed by atoms with Crippen molar-refractivity contribution in [3.8, 4) is 0 Å². The van der Waals surface area contributed by atoms with Crippen LogP contribution in [0.4, 0.5) is 9.52 Å². The number of sulfonamides is 1. The number of hydrogen-bond acceptors (Lipinski definition) is 5.